The third-order valence-electron chi connectivity index (χ3n) is 5.93. The molecule has 1 amide bonds. The Balaban J connectivity index is 1.33. The van der Waals surface area contributed by atoms with Gasteiger partial charge in [-0.05, 0) is 50.2 Å². The van der Waals surface area contributed by atoms with Gasteiger partial charge in [0.05, 0.1) is 18.3 Å². The zero-order valence-electron chi connectivity index (χ0n) is 18.0. The number of hydrogen-bond acceptors (Lipinski definition) is 7. The number of carbonyl (C=O) groups excluding carboxylic acids is 1. The maximum Gasteiger partial charge on any atom is 0.263 e. The van der Waals surface area contributed by atoms with Crippen LogP contribution in [0.4, 0.5) is 11.4 Å². The summed E-state index contributed by atoms with van der Waals surface area (Å²) < 4.78 is 0. The standard InChI is InChI=1S/C23H29N5O2S/c1-15-3-8-19-20(24)21(31-23(19)26-15)22(30)25-10-9-16-4-6-17(7-5-16)28-12-11-27(2)18(13-28)14-29/h3-8,18,29H,9-14,24H2,1-2H3,(H,25,30)/t18-/m1/s1. The number of nitrogen functional groups attached to an aromatic ring is 1. The first kappa shape index (κ1) is 21.5. The van der Waals surface area contributed by atoms with Crippen LogP contribution in [0.5, 0.6) is 0 Å². The highest BCUT2D eigenvalue weighted by atomic mass is 32.1. The van der Waals surface area contributed by atoms with Crippen LogP contribution in [0, 0.1) is 6.92 Å². The SMILES string of the molecule is Cc1ccc2c(N)c(C(=O)NCCc3ccc(N4CCN(C)[C@@H](CO)C4)cc3)sc2n1. The average Bonchev–Trinajstić information content (AvgIpc) is 3.10. The van der Waals surface area contributed by atoms with E-state index in [1.54, 1.807) is 0 Å². The van der Waals surface area contributed by atoms with E-state index in [1.165, 1.54) is 22.6 Å². The van der Waals surface area contributed by atoms with Gasteiger partial charge < -0.3 is 21.1 Å². The minimum atomic E-state index is -0.151. The van der Waals surface area contributed by atoms with Gasteiger partial charge in [0.15, 0.2) is 0 Å². The lowest BCUT2D eigenvalue weighted by Gasteiger charge is -2.39. The molecule has 4 rings (SSSR count). The maximum atomic E-state index is 12.6. The van der Waals surface area contributed by atoms with Crippen LogP contribution in [0.2, 0.25) is 0 Å². The zero-order valence-corrected chi connectivity index (χ0v) is 18.8. The van der Waals surface area contributed by atoms with Gasteiger partial charge in [0.25, 0.3) is 5.91 Å². The Hall–Kier alpha value is -2.68. The van der Waals surface area contributed by atoms with Crippen LogP contribution in [0.25, 0.3) is 10.2 Å². The minimum Gasteiger partial charge on any atom is -0.397 e. The highest BCUT2D eigenvalue weighted by molar-refractivity contribution is 7.21. The number of benzene rings is 1. The molecular formula is C23H29N5O2S. The van der Waals surface area contributed by atoms with Crippen LogP contribution < -0.4 is 16.0 Å². The van der Waals surface area contributed by atoms with Crippen LogP contribution in [-0.4, -0.2) is 66.8 Å². The average molecular weight is 440 g/mol. The minimum absolute atomic E-state index is 0.151. The van der Waals surface area contributed by atoms with Crippen LogP contribution in [-0.2, 0) is 6.42 Å². The molecule has 1 fully saturated rings. The summed E-state index contributed by atoms with van der Waals surface area (Å²) in [5, 5.41) is 13.4. The first-order chi connectivity index (χ1) is 15.0. The molecule has 0 bridgehead atoms. The highest BCUT2D eigenvalue weighted by Crippen LogP contribution is 2.32. The molecule has 0 saturated carbocycles. The Morgan fingerprint density at radius 3 is 2.77 bits per heavy atom. The number of aromatic nitrogens is 1. The van der Waals surface area contributed by atoms with Crippen molar-refractivity contribution in [2.75, 3.05) is 50.5 Å². The monoisotopic (exact) mass is 439 g/mol. The van der Waals surface area contributed by atoms with Gasteiger partial charge in [-0.1, -0.05) is 12.1 Å². The lowest BCUT2D eigenvalue weighted by molar-refractivity contribution is 0.0959. The Morgan fingerprint density at radius 2 is 2.03 bits per heavy atom. The number of aliphatic hydroxyl groups is 1. The molecular weight excluding hydrogens is 410 g/mol. The Kier molecular flexibility index (Phi) is 6.41. The number of likely N-dealkylation sites (N-methyl/N-ethyl adjacent to an activating group) is 1. The van der Waals surface area contributed by atoms with E-state index in [0.29, 0.717) is 17.1 Å². The molecule has 1 saturated heterocycles. The molecule has 3 heterocycles. The smallest absolute Gasteiger partial charge is 0.263 e. The number of nitrogens with two attached hydrogens (primary N) is 1. The summed E-state index contributed by atoms with van der Waals surface area (Å²) in [6.45, 7) is 5.36. The molecule has 164 valence electrons. The largest absolute Gasteiger partial charge is 0.397 e. The van der Waals surface area contributed by atoms with Gasteiger partial charge in [0.1, 0.15) is 9.71 Å². The van der Waals surface area contributed by atoms with Crippen LogP contribution in [0.15, 0.2) is 36.4 Å². The summed E-state index contributed by atoms with van der Waals surface area (Å²) in [6, 6.07) is 12.4. The molecule has 0 spiro atoms. The van der Waals surface area contributed by atoms with Crippen molar-refractivity contribution in [3.63, 3.8) is 0 Å². The summed E-state index contributed by atoms with van der Waals surface area (Å²) in [5.41, 5.74) is 9.92. The van der Waals surface area contributed by atoms with E-state index in [4.69, 9.17) is 5.73 Å². The van der Waals surface area contributed by atoms with Gasteiger partial charge in [0, 0.05) is 42.9 Å². The van der Waals surface area contributed by atoms with Gasteiger partial charge in [-0.15, -0.1) is 11.3 Å². The molecule has 1 aliphatic rings. The number of rotatable bonds is 6. The van der Waals surface area contributed by atoms with E-state index in [2.05, 4.69) is 51.4 Å². The van der Waals surface area contributed by atoms with E-state index in [-0.39, 0.29) is 18.6 Å². The van der Waals surface area contributed by atoms with E-state index < -0.39 is 0 Å². The zero-order chi connectivity index (χ0) is 22.0. The number of anilines is 2. The summed E-state index contributed by atoms with van der Waals surface area (Å²) >= 11 is 1.34. The number of nitrogens with one attached hydrogen (secondary N) is 1. The van der Waals surface area contributed by atoms with Crippen LogP contribution >= 0.6 is 11.3 Å². The fraction of sp³-hybridized carbons (Fsp3) is 0.391. The van der Waals surface area contributed by atoms with Gasteiger partial charge in [-0.25, -0.2) is 4.98 Å². The maximum absolute atomic E-state index is 12.6. The van der Waals surface area contributed by atoms with Crippen molar-refractivity contribution in [2.45, 2.75) is 19.4 Å². The molecule has 1 aromatic carbocycles. The first-order valence-corrected chi connectivity index (χ1v) is 11.4. The van der Waals surface area contributed by atoms with Crippen molar-refractivity contribution >= 4 is 38.8 Å². The number of amides is 1. The van der Waals surface area contributed by atoms with E-state index >= 15 is 0 Å². The quantitative estimate of drug-likeness (QED) is 0.546. The van der Waals surface area contributed by atoms with Crippen molar-refractivity contribution < 1.29 is 9.90 Å². The van der Waals surface area contributed by atoms with Gasteiger partial charge in [-0.2, -0.15) is 0 Å². The van der Waals surface area contributed by atoms with Crippen molar-refractivity contribution in [3.05, 3.63) is 52.5 Å². The molecule has 4 N–H and O–H groups in total. The number of nitrogens with zero attached hydrogens (tertiary/aromatic N) is 3. The normalized spacial score (nSPS) is 17.3. The molecule has 2 aromatic heterocycles. The van der Waals surface area contributed by atoms with Crippen LogP contribution in [0.1, 0.15) is 20.9 Å². The lowest BCUT2D eigenvalue weighted by atomic mass is 10.1. The number of piperazine rings is 1. The summed E-state index contributed by atoms with van der Waals surface area (Å²) in [6.07, 6.45) is 0.746. The number of aliphatic hydroxyl groups excluding tert-OH is 1. The number of aryl methyl sites for hydroxylation is 1. The Bertz CT molecular complexity index is 1070. The molecule has 1 atom stereocenters. The number of pyridine rings is 1. The summed E-state index contributed by atoms with van der Waals surface area (Å²) in [4.78, 5) is 22.9. The van der Waals surface area contributed by atoms with Crippen molar-refractivity contribution in [2.24, 2.45) is 0 Å². The van der Waals surface area contributed by atoms with Gasteiger partial charge in [-0.3, -0.25) is 9.69 Å². The van der Waals surface area contributed by atoms with E-state index in [9.17, 15) is 9.90 Å². The fourth-order valence-electron chi connectivity index (χ4n) is 3.91. The second-order valence-corrected chi connectivity index (χ2v) is 9.08. The molecule has 0 aliphatic carbocycles. The summed E-state index contributed by atoms with van der Waals surface area (Å²) in [5.74, 6) is -0.151. The third-order valence-corrected chi connectivity index (χ3v) is 7.04. The number of fused-ring (bicyclic) bond motifs is 1. The first-order valence-electron chi connectivity index (χ1n) is 10.5. The van der Waals surface area contributed by atoms with Crippen molar-refractivity contribution in [1.29, 1.82) is 0 Å². The number of carbonyl (C=O) groups is 1. The number of hydrogen-bond donors (Lipinski definition) is 3. The molecule has 1 aliphatic heterocycles. The third kappa shape index (κ3) is 4.66. The highest BCUT2D eigenvalue weighted by Gasteiger charge is 2.23. The molecule has 3 aromatic rings. The second kappa shape index (κ2) is 9.21. The molecule has 7 nitrogen and oxygen atoms in total. The van der Waals surface area contributed by atoms with Gasteiger partial charge in [0.2, 0.25) is 0 Å². The topological polar surface area (TPSA) is 94.7 Å². The van der Waals surface area contributed by atoms with Crippen molar-refractivity contribution in [3.8, 4) is 0 Å². The van der Waals surface area contributed by atoms with E-state index in [0.717, 1.165) is 42.0 Å². The molecule has 0 radical (unpaired) electrons. The predicted molar refractivity (Wildman–Crippen MR) is 127 cm³/mol. The number of thiophene rings is 1. The Morgan fingerprint density at radius 1 is 1.26 bits per heavy atom. The van der Waals surface area contributed by atoms with Crippen molar-refractivity contribution in [1.82, 2.24) is 15.2 Å². The second-order valence-electron chi connectivity index (χ2n) is 8.09. The molecule has 0 unspecified atom stereocenters. The summed E-state index contributed by atoms with van der Waals surface area (Å²) in [7, 11) is 2.06. The van der Waals surface area contributed by atoms with E-state index in [1.807, 2.05) is 19.1 Å². The van der Waals surface area contributed by atoms with Crippen LogP contribution in [0.3, 0.4) is 0 Å². The molecule has 8 heteroatoms. The molecule has 31 heavy (non-hydrogen) atoms. The lowest BCUT2D eigenvalue weighted by Crippen LogP contribution is -2.53. The Labute approximate surface area is 186 Å². The predicted octanol–water partition coefficient (Wildman–Crippen LogP) is 2.27. The fourth-order valence-corrected chi connectivity index (χ4v) is 4.97. The van der Waals surface area contributed by atoms with Gasteiger partial charge >= 0.3 is 0 Å².